The van der Waals surface area contributed by atoms with Crippen molar-refractivity contribution in [2.45, 2.75) is 26.7 Å². The Labute approximate surface area is 51.9 Å². The molecule has 0 aliphatic rings. The van der Waals surface area contributed by atoms with Crippen LogP contribution in [0.15, 0.2) is 24.3 Å². The van der Waals surface area contributed by atoms with Crippen LogP contribution >= 0.6 is 0 Å². The molecule has 0 heterocycles. The zero-order valence-electron chi connectivity index (χ0n) is 5.72. The SMILES string of the molecule is CC=CC/C=C/CC. The highest BCUT2D eigenvalue weighted by atomic mass is 13.7. The van der Waals surface area contributed by atoms with E-state index in [0.29, 0.717) is 0 Å². The van der Waals surface area contributed by atoms with E-state index in [4.69, 9.17) is 0 Å². The maximum Gasteiger partial charge on any atom is -0.0169 e. The number of rotatable bonds is 3. The maximum atomic E-state index is 2.18. The lowest BCUT2D eigenvalue weighted by Crippen LogP contribution is -1.56. The molecule has 0 bridgehead atoms. The van der Waals surface area contributed by atoms with Crippen molar-refractivity contribution in [1.82, 2.24) is 0 Å². The van der Waals surface area contributed by atoms with Crippen LogP contribution in [-0.2, 0) is 0 Å². The van der Waals surface area contributed by atoms with Crippen molar-refractivity contribution < 1.29 is 0 Å². The van der Waals surface area contributed by atoms with Gasteiger partial charge in [0.05, 0.1) is 0 Å². The Morgan fingerprint density at radius 2 is 1.88 bits per heavy atom. The molecule has 0 saturated carbocycles. The van der Waals surface area contributed by atoms with Crippen molar-refractivity contribution in [2.75, 3.05) is 0 Å². The van der Waals surface area contributed by atoms with Gasteiger partial charge >= 0.3 is 0 Å². The quantitative estimate of drug-likeness (QED) is 0.490. The molecule has 0 aromatic heterocycles. The lowest BCUT2D eigenvalue weighted by molar-refractivity contribution is 1.20. The lowest BCUT2D eigenvalue weighted by atomic mass is 10.3. The zero-order chi connectivity index (χ0) is 6.24. The van der Waals surface area contributed by atoms with Gasteiger partial charge in [-0.05, 0) is 19.8 Å². The standard InChI is InChI=1S/C8H14/c1-3-5-7-8-6-4-2/h3,5-6,8H,4,7H2,1-2H3/b5-3?,8-6+. The Balaban J connectivity index is 3.03. The van der Waals surface area contributed by atoms with Gasteiger partial charge < -0.3 is 0 Å². The minimum Gasteiger partial charge on any atom is -0.0914 e. The molecular weight excluding hydrogens is 96.1 g/mol. The first kappa shape index (κ1) is 7.48. The third kappa shape index (κ3) is 5.48. The molecule has 0 aromatic rings. The van der Waals surface area contributed by atoms with Gasteiger partial charge in [0.2, 0.25) is 0 Å². The predicted molar refractivity (Wildman–Crippen MR) is 38.9 cm³/mol. The molecule has 0 amide bonds. The first-order valence-electron chi connectivity index (χ1n) is 3.18. The van der Waals surface area contributed by atoms with E-state index in [-0.39, 0.29) is 0 Å². The summed E-state index contributed by atoms with van der Waals surface area (Å²) in [5.74, 6) is 0. The van der Waals surface area contributed by atoms with Gasteiger partial charge in [-0.1, -0.05) is 31.2 Å². The number of hydrogen-bond donors (Lipinski definition) is 0. The molecule has 0 aliphatic heterocycles. The summed E-state index contributed by atoms with van der Waals surface area (Å²) in [5.41, 5.74) is 0. The topological polar surface area (TPSA) is 0 Å². The molecule has 0 unspecified atom stereocenters. The fourth-order valence-corrected chi connectivity index (χ4v) is 0.478. The summed E-state index contributed by atoms with van der Waals surface area (Å²) in [6, 6.07) is 0. The van der Waals surface area contributed by atoms with Crippen molar-refractivity contribution in [3.05, 3.63) is 24.3 Å². The molecular formula is C8H14. The molecule has 0 N–H and O–H groups in total. The highest BCUT2D eigenvalue weighted by Gasteiger charge is 1.65. The van der Waals surface area contributed by atoms with E-state index in [2.05, 4.69) is 31.2 Å². The Morgan fingerprint density at radius 3 is 2.38 bits per heavy atom. The van der Waals surface area contributed by atoms with Crippen molar-refractivity contribution in [3.63, 3.8) is 0 Å². The van der Waals surface area contributed by atoms with Gasteiger partial charge in [-0.2, -0.15) is 0 Å². The fraction of sp³-hybridized carbons (Fsp3) is 0.500. The molecule has 0 aromatic carbocycles. The van der Waals surface area contributed by atoms with Crippen LogP contribution in [0.1, 0.15) is 26.7 Å². The van der Waals surface area contributed by atoms with E-state index in [1.54, 1.807) is 0 Å². The molecule has 0 saturated heterocycles. The summed E-state index contributed by atoms with van der Waals surface area (Å²) in [7, 11) is 0. The Kier molecular flexibility index (Phi) is 6.06. The van der Waals surface area contributed by atoms with E-state index in [9.17, 15) is 0 Å². The summed E-state index contributed by atoms with van der Waals surface area (Å²) < 4.78 is 0. The van der Waals surface area contributed by atoms with Crippen molar-refractivity contribution in [1.29, 1.82) is 0 Å². The molecule has 0 heteroatoms. The van der Waals surface area contributed by atoms with Crippen LogP contribution in [0.2, 0.25) is 0 Å². The van der Waals surface area contributed by atoms with Crippen LogP contribution < -0.4 is 0 Å². The average molecular weight is 110 g/mol. The van der Waals surface area contributed by atoms with Crippen LogP contribution in [-0.4, -0.2) is 0 Å². The molecule has 0 radical (unpaired) electrons. The second kappa shape index (κ2) is 6.48. The van der Waals surface area contributed by atoms with Gasteiger partial charge in [0.15, 0.2) is 0 Å². The van der Waals surface area contributed by atoms with E-state index < -0.39 is 0 Å². The van der Waals surface area contributed by atoms with Gasteiger partial charge in [-0.25, -0.2) is 0 Å². The third-order valence-corrected chi connectivity index (χ3v) is 0.910. The van der Waals surface area contributed by atoms with Crippen LogP contribution in [0.3, 0.4) is 0 Å². The highest BCUT2D eigenvalue weighted by Crippen LogP contribution is 1.86. The van der Waals surface area contributed by atoms with Crippen LogP contribution in [0.25, 0.3) is 0 Å². The van der Waals surface area contributed by atoms with E-state index in [1.165, 1.54) is 0 Å². The fourth-order valence-electron chi connectivity index (χ4n) is 0.478. The van der Waals surface area contributed by atoms with Gasteiger partial charge in [0.25, 0.3) is 0 Å². The van der Waals surface area contributed by atoms with Gasteiger partial charge in [-0.15, -0.1) is 0 Å². The molecule has 8 heavy (non-hydrogen) atoms. The second-order valence-electron chi connectivity index (χ2n) is 1.68. The maximum absolute atomic E-state index is 2.18. The van der Waals surface area contributed by atoms with E-state index in [0.717, 1.165) is 12.8 Å². The second-order valence-corrected chi connectivity index (χ2v) is 1.68. The largest absolute Gasteiger partial charge is 0.0914 e. The van der Waals surface area contributed by atoms with E-state index in [1.807, 2.05) is 6.92 Å². The summed E-state index contributed by atoms with van der Waals surface area (Å²) >= 11 is 0. The number of allylic oxidation sites excluding steroid dienone is 4. The zero-order valence-corrected chi connectivity index (χ0v) is 5.72. The average Bonchev–Trinajstić information content (AvgIpc) is 1.81. The normalized spacial score (nSPS) is 11.8. The minimum atomic E-state index is 1.09. The van der Waals surface area contributed by atoms with Gasteiger partial charge in [0.1, 0.15) is 0 Å². The predicted octanol–water partition coefficient (Wildman–Crippen LogP) is 2.92. The first-order valence-corrected chi connectivity index (χ1v) is 3.18. The molecule has 0 aliphatic carbocycles. The molecule has 0 rings (SSSR count). The Bertz CT molecular complexity index is 78.0. The monoisotopic (exact) mass is 110 g/mol. The van der Waals surface area contributed by atoms with Crippen molar-refractivity contribution >= 4 is 0 Å². The summed E-state index contributed by atoms with van der Waals surface area (Å²) in [5, 5.41) is 0. The summed E-state index contributed by atoms with van der Waals surface area (Å²) in [6.45, 7) is 4.19. The highest BCUT2D eigenvalue weighted by molar-refractivity contribution is 4.90. The molecule has 46 valence electrons. The van der Waals surface area contributed by atoms with Crippen LogP contribution in [0.5, 0.6) is 0 Å². The Morgan fingerprint density at radius 1 is 1.12 bits per heavy atom. The van der Waals surface area contributed by atoms with Crippen molar-refractivity contribution in [3.8, 4) is 0 Å². The van der Waals surface area contributed by atoms with Gasteiger partial charge in [-0.3, -0.25) is 0 Å². The minimum absolute atomic E-state index is 1.09. The van der Waals surface area contributed by atoms with Gasteiger partial charge in [0, 0.05) is 0 Å². The molecule has 0 atom stereocenters. The van der Waals surface area contributed by atoms with Crippen molar-refractivity contribution in [2.24, 2.45) is 0 Å². The van der Waals surface area contributed by atoms with Crippen LogP contribution in [0, 0.1) is 0 Å². The molecule has 0 spiro atoms. The first-order chi connectivity index (χ1) is 3.91. The summed E-state index contributed by atoms with van der Waals surface area (Å²) in [6.07, 6.45) is 10.8. The number of hydrogen-bond acceptors (Lipinski definition) is 0. The van der Waals surface area contributed by atoms with Crippen LogP contribution in [0.4, 0.5) is 0 Å². The third-order valence-electron chi connectivity index (χ3n) is 0.910. The molecule has 0 fully saturated rings. The van der Waals surface area contributed by atoms with E-state index >= 15 is 0 Å². The smallest absolute Gasteiger partial charge is 0.0169 e. The summed E-state index contributed by atoms with van der Waals surface area (Å²) in [4.78, 5) is 0. The Hall–Kier alpha value is -0.520. The molecule has 0 nitrogen and oxygen atoms in total. The lowest BCUT2D eigenvalue weighted by Gasteiger charge is -1.77.